The largest absolute Gasteiger partial charge is 0.496 e. The average molecular weight is 387 g/mol. The summed E-state index contributed by atoms with van der Waals surface area (Å²) in [7, 11) is -2.08. The molecule has 0 bridgehead atoms. The van der Waals surface area contributed by atoms with E-state index in [4.69, 9.17) is 9.15 Å². The summed E-state index contributed by atoms with van der Waals surface area (Å²) in [6, 6.07) is 12.4. The first-order valence-corrected chi connectivity index (χ1v) is 9.92. The SMILES string of the molecule is COc1ccc(S(=O)(=O)NCCc2nnc(-c3ccccc3C)o2)cc1C. The zero-order valence-electron chi connectivity index (χ0n) is 15.4. The molecule has 3 rings (SSSR count). The molecular weight excluding hydrogens is 366 g/mol. The molecule has 0 radical (unpaired) electrons. The van der Waals surface area contributed by atoms with E-state index in [-0.39, 0.29) is 11.4 Å². The van der Waals surface area contributed by atoms with Gasteiger partial charge in [-0.1, -0.05) is 18.2 Å². The molecule has 1 N–H and O–H groups in total. The summed E-state index contributed by atoms with van der Waals surface area (Å²) in [6.07, 6.45) is 0.299. The van der Waals surface area contributed by atoms with Gasteiger partial charge in [0.05, 0.1) is 12.0 Å². The Hall–Kier alpha value is -2.71. The molecular formula is C19H21N3O4S. The number of ether oxygens (including phenoxy) is 1. The highest BCUT2D eigenvalue weighted by Crippen LogP contribution is 2.22. The fourth-order valence-corrected chi connectivity index (χ4v) is 3.79. The minimum Gasteiger partial charge on any atom is -0.496 e. The fraction of sp³-hybridized carbons (Fsp3) is 0.263. The second kappa shape index (κ2) is 7.89. The lowest BCUT2D eigenvalue weighted by atomic mass is 10.1. The van der Waals surface area contributed by atoms with E-state index >= 15 is 0 Å². The topological polar surface area (TPSA) is 94.3 Å². The van der Waals surface area contributed by atoms with Gasteiger partial charge < -0.3 is 9.15 Å². The first-order valence-electron chi connectivity index (χ1n) is 8.43. The van der Waals surface area contributed by atoms with E-state index in [0.29, 0.717) is 24.0 Å². The molecule has 0 saturated carbocycles. The molecule has 1 heterocycles. The van der Waals surface area contributed by atoms with Crippen molar-refractivity contribution in [2.45, 2.75) is 25.2 Å². The minimum absolute atomic E-state index is 0.156. The van der Waals surface area contributed by atoms with Gasteiger partial charge >= 0.3 is 0 Å². The lowest BCUT2D eigenvalue weighted by molar-refractivity contribution is 0.411. The Morgan fingerprint density at radius 1 is 1.07 bits per heavy atom. The van der Waals surface area contributed by atoms with Crippen LogP contribution in [-0.2, 0) is 16.4 Å². The summed E-state index contributed by atoms with van der Waals surface area (Å²) < 4.78 is 38.2. The van der Waals surface area contributed by atoms with Crippen molar-refractivity contribution in [2.24, 2.45) is 0 Å². The average Bonchev–Trinajstić information content (AvgIpc) is 3.10. The van der Waals surface area contributed by atoms with E-state index in [1.165, 1.54) is 6.07 Å². The van der Waals surface area contributed by atoms with Gasteiger partial charge in [-0.15, -0.1) is 10.2 Å². The van der Waals surface area contributed by atoms with Crippen LogP contribution in [0.15, 0.2) is 51.8 Å². The molecule has 0 spiro atoms. The number of nitrogens with zero attached hydrogens (tertiary/aromatic N) is 2. The number of sulfonamides is 1. The normalized spacial score (nSPS) is 11.5. The van der Waals surface area contributed by atoms with Crippen LogP contribution in [0.3, 0.4) is 0 Å². The molecule has 3 aromatic rings. The predicted octanol–water partition coefficient (Wildman–Crippen LogP) is 2.88. The van der Waals surface area contributed by atoms with Crippen molar-refractivity contribution >= 4 is 10.0 Å². The van der Waals surface area contributed by atoms with Crippen LogP contribution in [0.2, 0.25) is 0 Å². The van der Waals surface area contributed by atoms with Crippen molar-refractivity contribution in [1.29, 1.82) is 0 Å². The summed E-state index contributed by atoms with van der Waals surface area (Å²) in [6.45, 7) is 3.91. The van der Waals surface area contributed by atoms with Crippen molar-refractivity contribution in [3.8, 4) is 17.2 Å². The van der Waals surface area contributed by atoms with E-state index in [1.54, 1.807) is 26.2 Å². The van der Waals surface area contributed by atoms with Crippen LogP contribution < -0.4 is 9.46 Å². The molecule has 7 nitrogen and oxygen atoms in total. The van der Waals surface area contributed by atoms with Crippen LogP contribution in [0.4, 0.5) is 0 Å². The van der Waals surface area contributed by atoms with E-state index < -0.39 is 10.0 Å². The molecule has 142 valence electrons. The highest BCUT2D eigenvalue weighted by molar-refractivity contribution is 7.89. The van der Waals surface area contributed by atoms with Crippen LogP contribution in [-0.4, -0.2) is 32.3 Å². The molecule has 0 saturated heterocycles. The van der Waals surface area contributed by atoms with Gasteiger partial charge in [0.1, 0.15) is 5.75 Å². The maximum Gasteiger partial charge on any atom is 0.247 e. The lowest BCUT2D eigenvalue weighted by Gasteiger charge is -2.09. The van der Waals surface area contributed by atoms with E-state index in [1.807, 2.05) is 31.2 Å². The summed E-state index contributed by atoms with van der Waals surface area (Å²) in [5.41, 5.74) is 2.65. The Bertz CT molecular complexity index is 1040. The van der Waals surface area contributed by atoms with E-state index in [9.17, 15) is 8.42 Å². The van der Waals surface area contributed by atoms with Crippen LogP contribution >= 0.6 is 0 Å². The van der Waals surface area contributed by atoms with Crippen LogP contribution in [0.25, 0.3) is 11.5 Å². The van der Waals surface area contributed by atoms with Crippen LogP contribution in [0.5, 0.6) is 5.75 Å². The maximum absolute atomic E-state index is 12.4. The Balaban J connectivity index is 1.64. The third-order valence-electron chi connectivity index (χ3n) is 4.15. The number of nitrogens with one attached hydrogen (secondary N) is 1. The second-order valence-electron chi connectivity index (χ2n) is 6.10. The van der Waals surface area contributed by atoms with Crippen molar-refractivity contribution in [3.05, 3.63) is 59.5 Å². The molecule has 2 aromatic carbocycles. The molecule has 0 unspecified atom stereocenters. The quantitative estimate of drug-likeness (QED) is 0.670. The summed E-state index contributed by atoms with van der Waals surface area (Å²) in [5, 5.41) is 8.04. The smallest absolute Gasteiger partial charge is 0.247 e. The fourth-order valence-electron chi connectivity index (χ4n) is 2.67. The maximum atomic E-state index is 12.4. The zero-order chi connectivity index (χ0) is 19.4. The molecule has 0 atom stereocenters. The highest BCUT2D eigenvalue weighted by atomic mass is 32.2. The molecule has 8 heteroatoms. The van der Waals surface area contributed by atoms with Crippen molar-refractivity contribution in [2.75, 3.05) is 13.7 Å². The Labute approximate surface area is 158 Å². The molecule has 0 aliphatic rings. The molecule has 27 heavy (non-hydrogen) atoms. The van der Waals surface area contributed by atoms with Gasteiger partial charge in [0.15, 0.2) is 0 Å². The Morgan fingerprint density at radius 2 is 1.85 bits per heavy atom. The van der Waals surface area contributed by atoms with Gasteiger partial charge in [-0.05, 0) is 49.2 Å². The van der Waals surface area contributed by atoms with Gasteiger partial charge in [0.2, 0.25) is 21.8 Å². The first-order chi connectivity index (χ1) is 12.9. The standard InChI is InChI=1S/C19H21N3O4S/c1-13-6-4-5-7-16(13)19-22-21-18(26-19)10-11-20-27(23,24)15-8-9-17(25-3)14(2)12-15/h4-9,12,20H,10-11H2,1-3H3. The van der Waals surface area contributed by atoms with Crippen molar-refractivity contribution < 1.29 is 17.6 Å². The van der Waals surface area contributed by atoms with Crippen molar-refractivity contribution in [1.82, 2.24) is 14.9 Å². The number of methoxy groups -OCH3 is 1. The van der Waals surface area contributed by atoms with E-state index in [2.05, 4.69) is 14.9 Å². The number of aromatic nitrogens is 2. The number of hydrogen-bond donors (Lipinski definition) is 1. The molecule has 0 amide bonds. The predicted molar refractivity (Wildman–Crippen MR) is 101 cm³/mol. The number of rotatable bonds is 7. The first kappa shape index (κ1) is 19.1. The Morgan fingerprint density at radius 3 is 2.56 bits per heavy atom. The van der Waals surface area contributed by atoms with E-state index in [0.717, 1.165) is 16.7 Å². The second-order valence-corrected chi connectivity index (χ2v) is 7.86. The summed E-state index contributed by atoms with van der Waals surface area (Å²) in [4.78, 5) is 0.187. The molecule has 0 aliphatic carbocycles. The third-order valence-corrected chi connectivity index (χ3v) is 5.61. The summed E-state index contributed by atoms with van der Waals surface area (Å²) >= 11 is 0. The highest BCUT2D eigenvalue weighted by Gasteiger charge is 2.16. The number of aryl methyl sites for hydroxylation is 2. The molecule has 0 fully saturated rings. The van der Waals surface area contributed by atoms with Gasteiger partial charge in [-0.2, -0.15) is 0 Å². The number of benzene rings is 2. The van der Waals surface area contributed by atoms with Gasteiger partial charge in [-0.3, -0.25) is 0 Å². The van der Waals surface area contributed by atoms with Crippen LogP contribution in [0, 0.1) is 13.8 Å². The monoisotopic (exact) mass is 387 g/mol. The van der Waals surface area contributed by atoms with Crippen LogP contribution in [0.1, 0.15) is 17.0 Å². The number of hydrogen-bond acceptors (Lipinski definition) is 6. The summed E-state index contributed by atoms with van der Waals surface area (Å²) in [5.74, 6) is 1.45. The Kier molecular flexibility index (Phi) is 5.57. The van der Waals surface area contributed by atoms with Gasteiger partial charge in [-0.25, -0.2) is 13.1 Å². The zero-order valence-corrected chi connectivity index (χ0v) is 16.2. The van der Waals surface area contributed by atoms with Gasteiger partial charge in [0, 0.05) is 18.5 Å². The van der Waals surface area contributed by atoms with Crippen molar-refractivity contribution in [3.63, 3.8) is 0 Å². The molecule has 1 aromatic heterocycles. The third kappa shape index (κ3) is 4.35. The van der Waals surface area contributed by atoms with Gasteiger partial charge in [0.25, 0.3) is 0 Å². The molecule has 0 aliphatic heterocycles. The minimum atomic E-state index is -3.63. The lowest BCUT2D eigenvalue weighted by Crippen LogP contribution is -2.26.